The second kappa shape index (κ2) is 4.80. The summed E-state index contributed by atoms with van der Waals surface area (Å²) in [5.41, 5.74) is 6.99. The van der Waals surface area contributed by atoms with Gasteiger partial charge in [-0.05, 0) is 25.2 Å². The molecule has 0 spiro atoms. The summed E-state index contributed by atoms with van der Waals surface area (Å²) < 4.78 is 13.5. The molecule has 88 valence electrons. The van der Waals surface area contributed by atoms with E-state index in [9.17, 15) is 4.39 Å². The first-order chi connectivity index (χ1) is 7.65. The zero-order valence-electron chi connectivity index (χ0n) is 9.62. The zero-order valence-corrected chi connectivity index (χ0v) is 9.62. The van der Waals surface area contributed by atoms with E-state index in [1.807, 2.05) is 0 Å². The molecule has 0 saturated carbocycles. The van der Waals surface area contributed by atoms with Crippen LogP contribution >= 0.6 is 0 Å². The third-order valence-corrected chi connectivity index (χ3v) is 3.06. The lowest BCUT2D eigenvalue weighted by Gasteiger charge is -2.32. The minimum Gasteiger partial charge on any atom is -0.399 e. The Balaban J connectivity index is 2.00. The van der Waals surface area contributed by atoms with Crippen LogP contribution < -0.4 is 5.73 Å². The molecule has 0 atom stereocenters. The average molecular weight is 223 g/mol. The summed E-state index contributed by atoms with van der Waals surface area (Å²) in [5.74, 6) is -0.159. The van der Waals surface area contributed by atoms with Crippen LogP contribution in [0.3, 0.4) is 0 Å². The molecule has 1 aliphatic heterocycles. The van der Waals surface area contributed by atoms with Crippen molar-refractivity contribution in [1.29, 1.82) is 0 Å². The van der Waals surface area contributed by atoms with Gasteiger partial charge in [0.15, 0.2) is 0 Å². The molecule has 0 radical (unpaired) electrons. The molecule has 3 nitrogen and oxygen atoms in total. The number of rotatable bonds is 2. The van der Waals surface area contributed by atoms with Crippen molar-refractivity contribution in [3.63, 3.8) is 0 Å². The molecule has 0 unspecified atom stereocenters. The Bertz CT molecular complexity index is 359. The molecule has 16 heavy (non-hydrogen) atoms. The number of likely N-dealkylation sites (N-methyl/N-ethyl adjacent to an activating group) is 1. The monoisotopic (exact) mass is 223 g/mol. The molecule has 1 aromatic rings. The van der Waals surface area contributed by atoms with Crippen LogP contribution in [0.1, 0.15) is 5.56 Å². The molecule has 1 aliphatic rings. The highest BCUT2D eigenvalue weighted by atomic mass is 19.1. The van der Waals surface area contributed by atoms with Crippen molar-refractivity contribution in [1.82, 2.24) is 9.80 Å². The van der Waals surface area contributed by atoms with Gasteiger partial charge in [0.1, 0.15) is 5.82 Å². The summed E-state index contributed by atoms with van der Waals surface area (Å²) in [6, 6.07) is 4.78. The number of anilines is 1. The first-order valence-corrected chi connectivity index (χ1v) is 5.60. The van der Waals surface area contributed by atoms with Gasteiger partial charge in [-0.15, -0.1) is 0 Å². The minimum absolute atomic E-state index is 0.159. The molecular weight excluding hydrogens is 205 g/mol. The van der Waals surface area contributed by atoms with E-state index >= 15 is 0 Å². The number of hydrogen-bond donors (Lipinski definition) is 1. The Morgan fingerprint density at radius 2 is 1.94 bits per heavy atom. The molecule has 1 aromatic carbocycles. The molecule has 2 rings (SSSR count). The molecular formula is C12H18FN3. The second-order valence-corrected chi connectivity index (χ2v) is 4.43. The Kier molecular flexibility index (Phi) is 3.41. The Labute approximate surface area is 95.6 Å². The molecule has 1 heterocycles. The van der Waals surface area contributed by atoms with E-state index in [-0.39, 0.29) is 5.82 Å². The maximum Gasteiger partial charge on any atom is 0.127 e. The fourth-order valence-corrected chi connectivity index (χ4v) is 1.96. The van der Waals surface area contributed by atoms with Crippen LogP contribution in [0.5, 0.6) is 0 Å². The van der Waals surface area contributed by atoms with Crippen molar-refractivity contribution in [2.24, 2.45) is 0 Å². The smallest absolute Gasteiger partial charge is 0.127 e. The van der Waals surface area contributed by atoms with Crippen LogP contribution in [-0.2, 0) is 6.54 Å². The quantitative estimate of drug-likeness (QED) is 0.764. The van der Waals surface area contributed by atoms with Gasteiger partial charge in [-0.25, -0.2) is 4.39 Å². The highest BCUT2D eigenvalue weighted by Crippen LogP contribution is 2.15. The number of nitrogens with two attached hydrogens (primary N) is 1. The minimum atomic E-state index is -0.159. The average Bonchev–Trinajstić information content (AvgIpc) is 2.27. The maximum absolute atomic E-state index is 13.5. The fourth-order valence-electron chi connectivity index (χ4n) is 1.96. The topological polar surface area (TPSA) is 32.5 Å². The summed E-state index contributed by atoms with van der Waals surface area (Å²) in [6.07, 6.45) is 0. The summed E-state index contributed by atoms with van der Waals surface area (Å²) >= 11 is 0. The number of hydrogen-bond acceptors (Lipinski definition) is 3. The lowest BCUT2D eigenvalue weighted by Crippen LogP contribution is -2.44. The molecule has 0 amide bonds. The SMILES string of the molecule is CN1CCN(Cc2cc(N)ccc2F)CC1. The van der Waals surface area contributed by atoms with Crippen molar-refractivity contribution in [2.75, 3.05) is 39.0 Å². The van der Waals surface area contributed by atoms with Gasteiger partial charge in [-0.3, -0.25) is 4.90 Å². The van der Waals surface area contributed by atoms with Crippen LogP contribution in [0.2, 0.25) is 0 Å². The maximum atomic E-state index is 13.5. The first kappa shape index (κ1) is 11.4. The van der Waals surface area contributed by atoms with E-state index in [0.29, 0.717) is 17.8 Å². The van der Waals surface area contributed by atoms with E-state index < -0.39 is 0 Å². The number of piperazine rings is 1. The lowest BCUT2D eigenvalue weighted by molar-refractivity contribution is 0.147. The molecule has 0 bridgehead atoms. The van der Waals surface area contributed by atoms with E-state index in [2.05, 4.69) is 16.8 Å². The van der Waals surface area contributed by atoms with Crippen LogP contribution in [0.25, 0.3) is 0 Å². The summed E-state index contributed by atoms with van der Waals surface area (Å²) in [7, 11) is 2.11. The Morgan fingerprint density at radius 3 is 2.62 bits per heavy atom. The fraction of sp³-hybridized carbons (Fsp3) is 0.500. The van der Waals surface area contributed by atoms with Crippen molar-refractivity contribution in [2.45, 2.75) is 6.54 Å². The van der Waals surface area contributed by atoms with Crippen LogP contribution in [0.4, 0.5) is 10.1 Å². The van der Waals surface area contributed by atoms with Crippen molar-refractivity contribution in [3.05, 3.63) is 29.6 Å². The van der Waals surface area contributed by atoms with Crippen LogP contribution in [-0.4, -0.2) is 43.0 Å². The standard InChI is InChI=1S/C12H18FN3/c1-15-4-6-16(7-5-15)9-10-8-11(14)2-3-12(10)13/h2-3,8H,4-7,9,14H2,1H3. The number of nitrogens with zero attached hydrogens (tertiary/aromatic N) is 2. The molecule has 2 N–H and O–H groups in total. The van der Waals surface area contributed by atoms with E-state index in [1.54, 1.807) is 12.1 Å². The molecule has 1 fully saturated rings. The third-order valence-electron chi connectivity index (χ3n) is 3.06. The van der Waals surface area contributed by atoms with Gasteiger partial charge in [0, 0.05) is 44.0 Å². The van der Waals surface area contributed by atoms with Crippen molar-refractivity contribution < 1.29 is 4.39 Å². The van der Waals surface area contributed by atoms with Gasteiger partial charge in [-0.1, -0.05) is 0 Å². The number of nitrogen functional groups attached to an aromatic ring is 1. The van der Waals surface area contributed by atoms with Crippen molar-refractivity contribution >= 4 is 5.69 Å². The van der Waals surface area contributed by atoms with Crippen molar-refractivity contribution in [3.8, 4) is 0 Å². The molecule has 4 heteroatoms. The summed E-state index contributed by atoms with van der Waals surface area (Å²) in [5, 5.41) is 0. The molecule has 0 aromatic heterocycles. The van der Waals surface area contributed by atoms with Gasteiger partial charge in [0.25, 0.3) is 0 Å². The largest absolute Gasteiger partial charge is 0.399 e. The molecule has 1 saturated heterocycles. The highest BCUT2D eigenvalue weighted by molar-refractivity contribution is 5.41. The normalized spacial score (nSPS) is 18.9. The number of benzene rings is 1. The van der Waals surface area contributed by atoms with E-state index in [4.69, 9.17) is 5.73 Å². The highest BCUT2D eigenvalue weighted by Gasteiger charge is 2.15. The van der Waals surface area contributed by atoms with Gasteiger partial charge in [-0.2, -0.15) is 0 Å². The van der Waals surface area contributed by atoms with Gasteiger partial charge < -0.3 is 10.6 Å². The van der Waals surface area contributed by atoms with E-state index in [0.717, 1.165) is 26.2 Å². The Morgan fingerprint density at radius 1 is 1.25 bits per heavy atom. The molecule has 0 aliphatic carbocycles. The lowest BCUT2D eigenvalue weighted by atomic mass is 10.1. The van der Waals surface area contributed by atoms with Crippen LogP contribution in [0, 0.1) is 5.82 Å². The second-order valence-electron chi connectivity index (χ2n) is 4.43. The third kappa shape index (κ3) is 2.71. The first-order valence-electron chi connectivity index (χ1n) is 5.60. The number of halogens is 1. The summed E-state index contributed by atoms with van der Waals surface area (Å²) in [4.78, 5) is 4.55. The van der Waals surface area contributed by atoms with Crippen LogP contribution in [0.15, 0.2) is 18.2 Å². The Hall–Kier alpha value is -1.13. The van der Waals surface area contributed by atoms with Gasteiger partial charge in [0.05, 0.1) is 0 Å². The van der Waals surface area contributed by atoms with Gasteiger partial charge in [0.2, 0.25) is 0 Å². The predicted octanol–water partition coefficient (Wildman–Crippen LogP) is 1.16. The predicted molar refractivity (Wildman–Crippen MR) is 63.6 cm³/mol. The van der Waals surface area contributed by atoms with Gasteiger partial charge >= 0.3 is 0 Å². The zero-order chi connectivity index (χ0) is 11.5. The summed E-state index contributed by atoms with van der Waals surface area (Å²) in [6.45, 7) is 4.73. The van der Waals surface area contributed by atoms with E-state index in [1.165, 1.54) is 6.07 Å².